The van der Waals surface area contributed by atoms with Crippen LogP contribution in [0.2, 0.25) is 0 Å². The molecule has 48 heavy (non-hydrogen) atoms. The fourth-order valence-corrected chi connectivity index (χ4v) is 7.24. The Hall–Kier alpha value is -5.98. The molecule has 9 aromatic rings. The Morgan fingerprint density at radius 3 is 1.21 bits per heavy atom. The minimum atomic E-state index is 1.23. The van der Waals surface area contributed by atoms with E-state index in [1.54, 1.807) is 0 Å². The third-order valence-corrected chi connectivity index (χ3v) is 9.46. The predicted molar refractivity (Wildman–Crippen MR) is 210 cm³/mol. The first-order valence-electron chi connectivity index (χ1n) is 16.9. The van der Waals surface area contributed by atoms with Gasteiger partial charge in [0.1, 0.15) is 0 Å². The van der Waals surface area contributed by atoms with Crippen molar-refractivity contribution < 1.29 is 0 Å². The van der Waals surface area contributed by atoms with Gasteiger partial charge in [0.15, 0.2) is 0 Å². The van der Waals surface area contributed by atoms with Crippen LogP contribution >= 0.6 is 0 Å². The summed E-state index contributed by atoms with van der Waals surface area (Å²) >= 11 is 0. The van der Waals surface area contributed by atoms with Crippen LogP contribution in [0.3, 0.4) is 0 Å². The van der Waals surface area contributed by atoms with Gasteiger partial charge in [0.25, 0.3) is 0 Å². The molecule has 0 amide bonds. The molecule has 0 heteroatoms. The van der Waals surface area contributed by atoms with Crippen molar-refractivity contribution in [1.82, 2.24) is 0 Å². The molecule has 9 rings (SSSR count). The van der Waals surface area contributed by atoms with Crippen LogP contribution in [0.4, 0.5) is 0 Å². The molecule has 0 N–H and O–H groups in total. The molecule has 0 nitrogen and oxygen atoms in total. The molecule has 0 aliphatic rings. The zero-order valence-electron chi connectivity index (χ0n) is 27.3. The normalized spacial score (nSPS) is 11.1. The Morgan fingerprint density at radius 2 is 0.646 bits per heavy atom. The molecule has 0 spiro atoms. The molecule has 0 unspecified atom stereocenters. The van der Waals surface area contributed by atoms with E-state index >= 15 is 0 Å². The summed E-state index contributed by atoms with van der Waals surface area (Å²) in [5.41, 5.74) is 10.00. The van der Waals surface area contributed by atoms with E-state index in [2.05, 4.69) is 182 Å². The third kappa shape index (κ3) is 5.13. The minimum Gasteiger partial charge on any atom is -0.0683 e. The Labute approximate surface area is 282 Å². The molecule has 0 saturated carbocycles. The highest BCUT2D eigenvalue weighted by Gasteiger charge is 2.17. The summed E-state index contributed by atoms with van der Waals surface area (Å²) in [4.78, 5) is 0. The fourth-order valence-electron chi connectivity index (χ4n) is 7.24. The fraction of sp³-hybridized carbons (Fsp3) is 0.0417. The molecule has 0 bridgehead atoms. The number of hydrogen-bond acceptors (Lipinski definition) is 0. The topological polar surface area (TPSA) is 0 Å². The molecule has 9 aromatic carbocycles. The Bertz CT molecular complexity index is 2490. The number of rotatable bonds is 4. The highest BCUT2D eigenvalue weighted by Crippen LogP contribution is 2.44. The van der Waals surface area contributed by atoms with Crippen molar-refractivity contribution in [1.29, 1.82) is 0 Å². The van der Waals surface area contributed by atoms with E-state index in [1.165, 1.54) is 87.6 Å². The summed E-state index contributed by atoms with van der Waals surface area (Å²) in [5.74, 6) is 0. The van der Waals surface area contributed by atoms with Crippen molar-refractivity contribution in [3.8, 4) is 44.5 Å². The lowest BCUT2D eigenvalue weighted by Crippen LogP contribution is -1.91. The number of benzene rings is 9. The highest BCUT2D eigenvalue weighted by molar-refractivity contribution is 6.21. The van der Waals surface area contributed by atoms with Gasteiger partial charge in [-0.2, -0.15) is 0 Å². The molecular weight excluding hydrogens is 577 g/mol. The Kier molecular flexibility index (Phi) is 7.76. The zero-order chi connectivity index (χ0) is 32.5. The van der Waals surface area contributed by atoms with Gasteiger partial charge in [0.2, 0.25) is 0 Å². The van der Waals surface area contributed by atoms with E-state index < -0.39 is 0 Å². The van der Waals surface area contributed by atoms with Crippen LogP contribution in [0.15, 0.2) is 182 Å². The van der Waals surface area contributed by atoms with Crippen LogP contribution in [0.1, 0.15) is 13.8 Å². The predicted octanol–water partition coefficient (Wildman–Crippen LogP) is 14.0. The summed E-state index contributed by atoms with van der Waals surface area (Å²) in [6.45, 7) is 4.00. The monoisotopic (exact) mass is 612 g/mol. The van der Waals surface area contributed by atoms with E-state index in [0.717, 1.165) is 0 Å². The van der Waals surface area contributed by atoms with E-state index in [9.17, 15) is 0 Å². The van der Waals surface area contributed by atoms with Gasteiger partial charge >= 0.3 is 0 Å². The molecule has 228 valence electrons. The van der Waals surface area contributed by atoms with Crippen LogP contribution in [0.5, 0.6) is 0 Å². The summed E-state index contributed by atoms with van der Waals surface area (Å²) in [5, 5.41) is 10.2. The van der Waals surface area contributed by atoms with Gasteiger partial charge in [-0.1, -0.05) is 190 Å². The van der Waals surface area contributed by atoms with Gasteiger partial charge in [-0.05, 0) is 93.7 Å². The van der Waals surface area contributed by atoms with Crippen LogP contribution < -0.4 is 0 Å². The van der Waals surface area contributed by atoms with Gasteiger partial charge < -0.3 is 0 Å². The third-order valence-electron chi connectivity index (χ3n) is 9.46. The number of hydrogen-bond donors (Lipinski definition) is 0. The van der Waals surface area contributed by atoms with Crippen LogP contribution in [0, 0.1) is 0 Å². The smallest absolute Gasteiger partial charge is 0.00264 e. The van der Waals surface area contributed by atoms with Crippen molar-refractivity contribution in [2.45, 2.75) is 13.8 Å². The van der Waals surface area contributed by atoms with Crippen molar-refractivity contribution in [3.63, 3.8) is 0 Å². The first kappa shape index (κ1) is 29.4. The Morgan fingerprint density at radius 1 is 0.250 bits per heavy atom. The second kappa shape index (κ2) is 12.7. The van der Waals surface area contributed by atoms with Crippen LogP contribution in [-0.2, 0) is 0 Å². The minimum absolute atomic E-state index is 1.23. The summed E-state index contributed by atoms with van der Waals surface area (Å²) in [7, 11) is 0. The van der Waals surface area contributed by atoms with E-state index in [0.29, 0.717) is 0 Å². The SMILES string of the molecule is CC.c1ccc2cc(-c3ccc(-c4c5ccccc5c(-c5ccc(-c6cccc7ccccc67)cc5)c5ccccc45)cc3)ccc2c1. The molecule has 0 fully saturated rings. The first-order valence-corrected chi connectivity index (χ1v) is 16.9. The van der Waals surface area contributed by atoms with Gasteiger partial charge in [0.05, 0.1) is 0 Å². The molecule has 0 atom stereocenters. The lowest BCUT2D eigenvalue weighted by molar-refractivity contribution is 1.50. The maximum atomic E-state index is 2.29. The van der Waals surface area contributed by atoms with Crippen molar-refractivity contribution >= 4 is 43.1 Å². The Balaban J connectivity index is 0.00000165. The molecule has 0 aliphatic heterocycles. The second-order valence-corrected chi connectivity index (χ2v) is 12.1. The quantitative estimate of drug-likeness (QED) is 0.173. The highest BCUT2D eigenvalue weighted by atomic mass is 14.2. The largest absolute Gasteiger partial charge is 0.0683 e. The maximum Gasteiger partial charge on any atom is -0.00264 e. The first-order chi connectivity index (χ1) is 23.8. The summed E-state index contributed by atoms with van der Waals surface area (Å²) in [6.07, 6.45) is 0. The molecule has 0 saturated heterocycles. The molecule has 0 heterocycles. The van der Waals surface area contributed by atoms with Gasteiger partial charge in [-0.25, -0.2) is 0 Å². The van der Waals surface area contributed by atoms with Crippen molar-refractivity contribution in [3.05, 3.63) is 182 Å². The van der Waals surface area contributed by atoms with E-state index in [-0.39, 0.29) is 0 Å². The summed E-state index contributed by atoms with van der Waals surface area (Å²) < 4.78 is 0. The molecule has 0 aliphatic carbocycles. The lowest BCUT2D eigenvalue weighted by Gasteiger charge is -2.18. The van der Waals surface area contributed by atoms with Gasteiger partial charge in [-0.3, -0.25) is 0 Å². The molecule has 0 radical (unpaired) electrons. The zero-order valence-corrected chi connectivity index (χ0v) is 27.3. The summed E-state index contributed by atoms with van der Waals surface area (Å²) in [6, 6.07) is 66.5. The van der Waals surface area contributed by atoms with Gasteiger partial charge in [-0.15, -0.1) is 0 Å². The van der Waals surface area contributed by atoms with Crippen molar-refractivity contribution in [2.75, 3.05) is 0 Å². The lowest BCUT2D eigenvalue weighted by atomic mass is 9.85. The van der Waals surface area contributed by atoms with Crippen molar-refractivity contribution in [2.24, 2.45) is 0 Å². The molecular formula is C48H36. The van der Waals surface area contributed by atoms with Crippen LogP contribution in [-0.4, -0.2) is 0 Å². The molecule has 0 aromatic heterocycles. The standard InChI is InChI=1S/C46H30.C2H6/c1-2-12-37-30-38(29-22-31(37)10-1)32-20-25-35(26-21-32)45-41-15-5-7-17-43(41)46(44-18-8-6-16-42(44)45)36-27-23-34(24-28-36)40-19-9-13-33-11-3-4-14-39(33)40;1-2/h1-30H;1-2H3. The van der Waals surface area contributed by atoms with E-state index in [1.807, 2.05) is 13.8 Å². The van der Waals surface area contributed by atoms with Crippen LogP contribution in [0.25, 0.3) is 87.6 Å². The number of fused-ring (bicyclic) bond motifs is 4. The van der Waals surface area contributed by atoms with E-state index in [4.69, 9.17) is 0 Å². The maximum absolute atomic E-state index is 2.29. The average molecular weight is 613 g/mol. The second-order valence-electron chi connectivity index (χ2n) is 12.1. The average Bonchev–Trinajstić information content (AvgIpc) is 3.17. The van der Waals surface area contributed by atoms with Gasteiger partial charge in [0, 0.05) is 0 Å².